The number of nitrogens with one attached hydrogen (secondary N) is 2. The molecule has 1 aromatic rings. The third-order valence-corrected chi connectivity index (χ3v) is 1.94. The van der Waals surface area contributed by atoms with Gasteiger partial charge in [0.15, 0.2) is 0 Å². The van der Waals surface area contributed by atoms with Gasteiger partial charge in [-0.1, -0.05) is 0 Å². The van der Waals surface area contributed by atoms with Crippen LogP contribution >= 0.6 is 0 Å². The van der Waals surface area contributed by atoms with E-state index in [1.54, 1.807) is 5.32 Å². The highest BCUT2D eigenvalue weighted by Gasteiger charge is 2.49. The van der Waals surface area contributed by atoms with Crippen molar-refractivity contribution in [2.24, 2.45) is 0 Å². The van der Waals surface area contributed by atoms with Gasteiger partial charge in [0.25, 0.3) is 5.91 Å². The SMILES string of the molecule is CC(NC(=O)C(F)(F)C(F)F)c1cn[nH]c1. The first-order chi connectivity index (χ1) is 7.35. The molecule has 0 aliphatic heterocycles. The van der Waals surface area contributed by atoms with E-state index in [1.807, 2.05) is 0 Å². The fourth-order valence-corrected chi connectivity index (χ4v) is 0.973. The number of hydrogen-bond donors (Lipinski definition) is 2. The maximum absolute atomic E-state index is 12.6. The summed E-state index contributed by atoms with van der Waals surface area (Å²) in [5.41, 5.74) is 0.415. The second-order valence-corrected chi connectivity index (χ2v) is 3.15. The van der Waals surface area contributed by atoms with Gasteiger partial charge < -0.3 is 5.32 Å². The molecule has 0 saturated carbocycles. The van der Waals surface area contributed by atoms with E-state index in [2.05, 4.69) is 10.2 Å². The van der Waals surface area contributed by atoms with Crippen molar-refractivity contribution in [3.8, 4) is 0 Å². The van der Waals surface area contributed by atoms with Gasteiger partial charge in [-0.05, 0) is 6.92 Å². The van der Waals surface area contributed by atoms with E-state index in [-0.39, 0.29) is 0 Å². The average molecular weight is 239 g/mol. The number of carbonyl (C=O) groups excluding carboxylic acids is 1. The standard InChI is InChI=1S/C8H9F4N3O/c1-4(5-2-13-14-3-5)15-7(16)8(11,12)6(9)10/h2-4,6H,1H3,(H,13,14)(H,15,16). The van der Waals surface area contributed by atoms with Gasteiger partial charge in [0.1, 0.15) is 0 Å². The van der Waals surface area contributed by atoms with Crippen LogP contribution in [0.4, 0.5) is 17.6 Å². The predicted molar refractivity (Wildman–Crippen MR) is 46.1 cm³/mol. The van der Waals surface area contributed by atoms with Crippen molar-refractivity contribution >= 4 is 5.91 Å². The number of carbonyl (C=O) groups is 1. The lowest BCUT2D eigenvalue weighted by atomic mass is 10.2. The van der Waals surface area contributed by atoms with Crippen molar-refractivity contribution < 1.29 is 22.4 Å². The molecule has 0 radical (unpaired) electrons. The Morgan fingerprint density at radius 3 is 2.62 bits per heavy atom. The van der Waals surface area contributed by atoms with E-state index in [0.29, 0.717) is 5.56 Å². The normalized spacial score (nSPS) is 13.9. The molecule has 16 heavy (non-hydrogen) atoms. The smallest absolute Gasteiger partial charge is 0.344 e. The van der Waals surface area contributed by atoms with Crippen LogP contribution in [0.25, 0.3) is 0 Å². The molecule has 0 aliphatic rings. The summed E-state index contributed by atoms with van der Waals surface area (Å²) in [5.74, 6) is -6.69. The number of hydrogen-bond acceptors (Lipinski definition) is 2. The lowest BCUT2D eigenvalue weighted by Gasteiger charge is -2.18. The molecule has 90 valence electrons. The molecule has 1 unspecified atom stereocenters. The number of amides is 1. The van der Waals surface area contributed by atoms with Crippen molar-refractivity contribution in [3.63, 3.8) is 0 Å². The molecule has 1 aromatic heterocycles. The molecule has 2 N–H and O–H groups in total. The number of nitrogens with zero attached hydrogens (tertiary/aromatic N) is 1. The number of aromatic nitrogens is 2. The van der Waals surface area contributed by atoms with Crippen molar-refractivity contribution in [1.82, 2.24) is 15.5 Å². The highest BCUT2D eigenvalue weighted by molar-refractivity contribution is 5.84. The molecule has 1 atom stereocenters. The monoisotopic (exact) mass is 239 g/mol. The van der Waals surface area contributed by atoms with Crippen molar-refractivity contribution in [2.45, 2.75) is 25.3 Å². The van der Waals surface area contributed by atoms with Crippen LogP contribution in [0.3, 0.4) is 0 Å². The van der Waals surface area contributed by atoms with E-state index < -0.39 is 24.3 Å². The van der Waals surface area contributed by atoms with Crippen LogP contribution in [-0.4, -0.2) is 28.5 Å². The summed E-state index contributed by atoms with van der Waals surface area (Å²) in [4.78, 5) is 10.8. The molecule has 1 amide bonds. The molecule has 0 aromatic carbocycles. The quantitative estimate of drug-likeness (QED) is 0.782. The van der Waals surface area contributed by atoms with E-state index in [4.69, 9.17) is 0 Å². The minimum Gasteiger partial charge on any atom is -0.344 e. The second kappa shape index (κ2) is 4.50. The highest BCUT2D eigenvalue weighted by Crippen LogP contribution is 2.24. The predicted octanol–water partition coefficient (Wildman–Crippen LogP) is 1.49. The Kier molecular flexibility index (Phi) is 3.51. The van der Waals surface area contributed by atoms with Gasteiger partial charge in [0.05, 0.1) is 12.2 Å². The Bertz CT molecular complexity index is 352. The minimum atomic E-state index is -4.68. The van der Waals surface area contributed by atoms with Crippen LogP contribution in [-0.2, 0) is 4.79 Å². The number of rotatable bonds is 4. The van der Waals surface area contributed by atoms with Crippen LogP contribution in [0.15, 0.2) is 12.4 Å². The van der Waals surface area contributed by atoms with E-state index >= 15 is 0 Å². The Morgan fingerprint density at radius 1 is 1.56 bits per heavy atom. The molecular weight excluding hydrogens is 230 g/mol. The zero-order valence-electron chi connectivity index (χ0n) is 8.18. The van der Waals surface area contributed by atoms with E-state index in [1.165, 1.54) is 19.3 Å². The van der Waals surface area contributed by atoms with Gasteiger partial charge >= 0.3 is 12.3 Å². The largest absolute Gasteiger partial charge is 0.383 e. The lowest BCUT2D eigenvalue weighted by Crippen LogP contribution is -2.45. The number of alkyl halides is 4. The maximum Gasteiger partial charge on any atom is 0.383 e. The van der Waals surface area contributed by atoms with Crippen molar-refractivity contribution in [2.75, 3.05) is 0 Å². The summed E-state index contributed by atoms with van der Waals surface area (Å²) in [7, 11) is 0. The summed E-state index contributed by atoms with van der Waals surface area (Å²) < 4.78 is 48.8. The third-order valence-electron chi connectivity index (χ3n) is 1.94. The Labute approximate surface area is 88.0 Å². The van der Waals surface area contributed by atoms with Gasteiger partial charge in [-0.15, -0.1) is 0 Å². The van der Waals surface area contributed by atoms with E-state index in [0.717, 1.165) is 0 Å². The summed E-state index contributed by atoms with van der Waals surface area (Å²) in [6.45, 7) is 1.38. The van der Waals surface area contributed by atoms with Gasteiger partial charge in [0, 0.05) is 11.8 Å². The molecular formula is C8H9F4N3O. The average Bonchev–Trinajstić information content (AvgIpc) is 2.69. The molecule has 0 bridgehead atoms. The van der Waals surface area contributed by atoms with Gasteiger partial charge in [-0.25, -0.2) is 8.78 Å². The summed E-state index contributed by atoms with van der Waals surface area (Å²) in [5, 5.41) is 7.72. The number of H-pyrrole nitrogens is 1. The molecule has 0 fully saturated rings. The molecule has 1 rings (SSSR count). The minimum absolute atomic E-state index is 0.415. The lowest BCUT2D eigenvalue weighted by molar-refractivity contribution is -0.170. The summed E-state index contributed by atoms with van der Waals surface area (Å²) in [6.07, 6.45) is -1.36. The number of halogens is 4. The topological polar surface area (TPSA) is 57.8 Å². The molecule has 0 saturated heterocycles. The first-order valence-corrected chi connectivity index (χ1v) is 4.31. The summed E-state index contributed by atoms with van der Waals surface area (Å²) >= 11 is 0. The fourth-order valence-electron chi connectivity index (χ4n) is 0.973. The van der Waals surface area contributed by atoms with Crippen molar-refractivity contribution in [1.29, 1.82) is 0 Å². The zero-order chi connectivity index (χ0) is 12.3. The van der Waals surface area contributed by atoms with Gasteiger partial charge in [0.2, 0.25) is 0 Å². The van der Waals surface area contributed by atoms with Crippen LogP contribution in [0, 0.1) is 0 Å². The highest BCUT2D eigenvalue weighted by atomic mass is 19.3. The van der Waals surface area contributed by atoms with Crippen LogP contribution in [0.2, 0.25) is 0 Å². The maximum atomic E-state index is 12.6. The first-order valence-electron chi connectivity index (χ1n) is 4.31. The first kappa shape index (κ1) is 12.5. The molecule has 0 aliphatic carbocycles. The zero-order valence-corrected chi connectivity index (χ0v) is 8.18. The van der Waals surface area contributed by atoms with E-state index in [9.17, 15) is 22.4 Å². The molecule has 0 spiro atoms. The third kappa shape index (κ3) is 2.50. The Hall–Kier alpha value is -1.60. The van der Waals surface area contributed by atoms with Crippen molar-refractivity contribution in [3.05, 3.63) is 18.0 Å². The van der Waals surface area contributed by atoms with Crippen LogP contribution in [0.1, 0.15) is 18.5 Å². The van der Waals surface area contributed by atoms with Gasteiger partial charge in [-0.2, -0.15) is 13.9 Å². The number of aromatic amines is 1. The Balaban J connectivity index is 2.65. The second-order valence-electron chi connectivity index (χ2n) is 3.15. The van der Waals surface area contributed by atoms with Crippen LogP contribution < -0.4 is 5.32 Å². The molecule has 8 heteroatoms. The fraction of sp³-hybridized carbons (Fsp3) is 0.500. The molecule has 1 heterocycles. The van der Waals surface area contributed by atoms with Crippen LogP contribution in [0.5, 0.6) is 0 Å². The Morgan fingerprint density at radius 2 is 2.19 bits per heavy atom. The molecule has 4 nitrogen and oxygen atoms in total. The van der Waals surface area contributed by atoms with Gasteiger partial charge in [-0.3, -0.25) is 9.89 Å². The summed E-state index contributed by atoms with van der Waals surface area (Å²) in [6, 6.07) is -0.823.